The fourth-order valence-electron chi connectivity index (χ4n) is 2.64. The Hall–Kier alpha value is -1.95. The van der Waals surface area contributed by atoms with Crippen LogP contribution in [-0.4, -0.2) is 43.7 Å². The van der Waals surface area contributed by atoms with Gasteiger partial charge in [0.15, 0.2) is 5.72 Å². The molecular formula is C14H17FN2O5. The Morgan fingerprint density at radius 1 is 1.55 bits per heavy atom. The maximum atomic E-state index is 15.4. The van der Waals surface area contributed by atoms with Gasteiger partial charge in [0.05, 0.1) is 6.10 Å². The third-order valence-corrected chi connectivity index (χ3v) is 3.83. The van der Waals surface area contributed by atoms with Gasteiger partial charge in [0.2, 0.25) is 5.67 Å². The standard InChI is InChI=1S/C14H17FN2O5/c1-4-6-14(15)11(20)10(8(2)18)22-13(14,3)17-7-5-9(19)16-12(17)21/h5,7-8,10-11,18,20H,1-3H3,(H,16,19,21)/t8-,10+,11-,13?,14?/m0/s1. The Morgan fingerprint density at radius 2 is 2.18 bits per heavy atom. The lowest BCUT2D eigenvalue weighted by atomic mass is 9.88. The second-order valence-corrected chi connectivity index (χ2v) is 5.32. The van der Waals surface area contributed by atoms with Crippen molar-refractivity contribution in [1.29, 1.82) is 0 Å². The van der Waals surface area contributed by atoms with Crippen molar-refractivity contribution in [3.8, 4) is 11.8 Å². The van der Waals surface area contributed by atoms with Crippen LogP contribution < -0.4 is 11.2 Å². The number of aliphatic hydroxyl groups is 2. The molecule has 5 atom stereocenters. The molecule has 8 heteroatoms. The maximum absolute atomic E-state index is 15.4. The largest absolute Gasteiger partial charge is 0.391 e. The van der Waals surface area contributed by atoms with E-state index >= 15 is 4.39 Å². The number of hydrogen-bond donors (Lipinski definition) is 3. The Balaban J connectivity index is 2.70. The molecule has 0 bridgehead atoms. The van der Waals surface area contributed by atoms with Crippen LogP contribution in [0.5, 0.6) is 0 Å². The van der Waals surface area contributed by atoms with Gasteiger partial charge in [-0.2, -0.15) is 0 Å². The second kappa shape index (κ2) is 5.35. The van der Waals surface area contributed by atoms with Crippen LogP contribution in [0.3, 0.4) is 0 Å². The normalized spacial score (nSPS) is 35.7. The van der Waals surface area contributed by atoms with Crippen LogP contribution in [-0.2, 0) is 10.5 Å². The predicted molar refractivity (Wildman–Crippen MR) is 74.8 cm³/mol. The van der Waals surface area contributed by atoms with Gasteiger partial charge in [-0.25, -0.2) is 9.18 Å². The lowest BCUT2D eigenvalue weighted by Crippen LogP contribution is -2.55. The topological polar surface area (TPSA) is 105 Å². The van der Waals surface area contributed by atoms with Crippen molar-refractivity contribution < 1.29 is 19.3 Å². The van der Waals surface area contributed by atoms with E-state index in [2.05, 4.69) is 11.8 Å². The first kappa shape index (κ1) is 16.4. The molecule has 7 nitrogen and oxygen atoms in total. The highest BCUT2D eigenvalue weighted by Gasteiger charge is 2.66. The molecule has 0 saturated carbocycles. The van der Waals surface area contributed by atoms with Crippen molar-refractivity contribution in [2.45, 2.75) is 50.5 Å². The first-order valence-electron chi connectivity index (χ1n) is 6.66. The summed E-state index contributed by atoms with van der Waals surface area (Å²) >= 11 is 0. The summed E-state index contributed by atoms with van der Waals surface area (Å²) in [6.45, 7) is 3.93. The molecule has 22 heavy (non-hydrogen) atoms. The van der Waals surface area contributed by atoms with E-state index in [-0.39, 0.29) is 0 Å². The Kier molecular flexibility index (Phi) is 4.00. The lowest BCUT2D eigenvalue weighted by Gasteiger charge is -2.34. The van der Waals surface area contributed by atoms with Crippen molar-refractivity contribution in [3.05, 3.63) is 33.1 Å². The molecule has 3 N–H and O–H groups in total. The monoisotopic (exact) mass is 312 g/mol. The highest BCUT2D eigenvalue weighted by atomic mass is 19.1. The van der Waals surface area contributed by atoms with Gasteiger partial charge in [0.25, 0.3) is 5.56 Å². The number of nitrogens with one attached hydrogen (secondary N) is 1. The molecule has 2 unspecified atom stereocenters. The maximum Gasteiger partial charge on any atom is 0.330 e. The molecule has 1 aromatic rings. The van der Waals surface area contributed by atoms with E-state index in [4.69, 9.17) is 4.74 Å². The summed E-state index contributed by atoms with van der Waals surface area (Å²) in [6.07, 6.45) is -3.19. The molecule has 0 spiro atoms. The predicted octanol–water partition coefficient (Wildman–Crippen LogP) is -0.919. The minimum Gasteiger partial charge on any atom is -0.391 e. The van der Waals surface area contributed by atoms with Crippen LogP contribution in [0.15, 0.2) is 21.9 Å². The van der Waals surface area contributed by atoms with E-state index < -0.39 is 41.0 Å². The number of nitrogens with zero attached hydrogens (tertiary/aromatic N) is 1. The number of hydrogen-bond acceptors (Lipinski definition) is 5. The van der Waals surface area contributed by atoms with Gasteiger partial charge in [0, 0.05) is 12.3 Å². The Morgan fingerprint density at radius 3 is 2.68 bits per heavy atom. The van der Waals surface area contributed by atoms with E-state index in [1.807, 2.05) is 4.98 Å². The summed E-state index contributed by atoms with van der Waals surface area (Å²) in [6, 6.07) is 1.03. The molecule has 2 rings (SSSR count). The fourth-order valence-corrected chi connectivity index (χ4v) is 2.64. The molecule has 0 radical (unpaired) electrons. The highest BCUT2D eigenvalue weighted by Crippen LogP contribution is 2.46. The number of aliphatic hydroxyl groups excluding tert-OH is 2. The molecule has 1 aromatic heterocycles. The molecule has 0 aromatic carbocycles. The third kappa shape index (κ3) is 2.18. The smallest absolute Gasteiger partial charge is 0.330 e. The van der Waals surface area contributed by atoms with Crippen LogP contribution in [0.25, 0.3) is 0 Å². The van der Waals surface area contributed by atoms with E-state index in [1.165, 1.54) is 20.8 Å². The van der Waals surface area contributed by atoms with Gasteiger partial charge in [-0.05, 0) is 20.8 Å². The number of aromatic amines is 1. The zero-order valence-electron chi connectivity index (χ0n) is 12.3. The molecule has 120 valence electrons. The average molecular weight is 312 g/mol. The zero-order valence-corrected chi connectivity index (χ0v) is 12.3. The second-order valence-electron chi connectivity index (χ2n) is 5.32. The third-order valence-electron chi connectivity index (χ3n) is 3.83. The summed E-state index contributed by atoms with van der Waals surface area (Å²) in [5.41, 5.74) is -6.22. The number of halogens is 1. The van der Waals surface area contributed by atoms with Crippen molar-refractivity contribution in [2.75, 3.05) is 0 Å². The summed E-state index contributed by atoms with van der Waals surface area (Å²) in [4.78, 5) is 25.1. The van der Waals surface area contributed by atoms with Gasteiger partial charge in [0.1, 0.15) is 12.2 Å². The number of aromatic nitrogens is 2. The van der Waals surface area contributed by atoms with Gasteiger partial charge >= 0.3 is 5.69 Å². The summed E-state index contributed by atoms with van der Waals surface area (Å²) in [5.74, 6) is 4.59. The first-order chi connectivity index (χ1) is 10.2. The average Bonchev–Trinajstić information content (AvgIpc) is 2.61. The van der Waals surface area contributed by atoms with Gasteiger partial charge < -0.3 is 14.9 Å². The van der Waals surface area contributed by atoms with E-state index in [9.17, 15) is 19.8 Å². The van der Waals surface area contributed by atoms with Crippen LogP contribution in [0.2, 0.25) is 0 Å². The van der Waals surface area contributed by atoms with Crippen LogP contribution in [0, 0.1) is 11.8 Å². The molecule has 1 fully saturated rings. The van der Waals surface area contributed by atoms with Crippen LogP contribution in [0.4, 0.5) is 4.39 Å². The van der Waals surface area contributed by atoms with Crippen molar-refractivity contribution in [2.24, 2.45) is 0 Å². The Labute approximate surface area is 125 Å². The number of H-pyrrole nitrogens is 1. The Bertz CT molecular complexity index is 746. The molecule has 1 saturated heterocycles. The minimum absolute atomic E-state index is 0.651. The van der Waals surface area contributed by atoms with Crippen molar-refractivity contribution in [1.82, 2.24) is 9.55 Å². The molecule has 1 aliphatic heterocycles. The van der Waals surface area contributed by atoms with E-state index in [0.29, 0.717) is 0 Å². The molecule has 2 heterocycles. The highest BCUT2D eigenvalue weighted by molar-refractivity contribution is 5.26. The zero-order chi connectivity index (χ0) is 16.7. The quantitative estimate of drug-likeness (QED) is 0.613. The van der Waals surface area contributed by atoms with Crippen molar-refractivity contribution >= 4 is 0 Å². The van der Waals surface area contributed by atoms with Crippen molar-refractivity contribution in [3.63, 3.8) is 0 Å². The van der Waals surface area contributed by atoms with Gasteiger partial charge in [-0.1, -0.05) is 5.92 Å². The summed E-state index contributed by atoms with van der Waals surface area (Å²) in [5, 5.41) is 19.9. The van der Waals surface area contributed by atoms with Gasteiger partial charge in [-0.3, -0.25) is 14.3 Å². The number of alkyl halides is 1. The lowest BCUT2D eigenvalue weighted by molar-refractivity contribution is -0.149. The summed E-state index contributed by atoms with van der Waals surface area (Å²) < 4.78 is 21.7. The number of rotatable bonds is 2. The fraction of sp³-hybridized carbons (Fsp3) is 0.571. The first-order valence-corrected chi connectivity index (χ1v) is 6.66. The van der Waals surface area contributed by atoms with Gasteiger partial charge in [-0.15, -0.1) is 5.92 Å². The van der Waals surface area contributed by atoms with E-state index in [0.717, 1.165) is 16.8 Å². The van der Waals surface area contributed by atoms with Crippen LogP contribution in [0.1, 0.15) is 20.8 Å². The molecule has 0 amide bonds. The minimum atomic E-state index is -2.65. The summed E-state index contributed by atoms with van der Waals surface area (Å²) in [7, 11) is 0. The number of ether oxygens (including phenoxy) is 1. The molecule has 1 aliphatic rings. The van der Waals surface area contributed by atoms with E-state index in [1.54, 1.807) is 0 Å². The van der Waals surface area contributed by atoms with Crippen LogP contribution >= 0.6 is 0 Å². The SMILES string of the molecule is CC#CC1(F)[C@@H](O)[C@@H]([C@H](C)O)OC1(C)n1ccc(=O)[nH]c1=O. The molecular weight excluding hydrogens is 295 g/mol. The molecule has 0 aliphatic carbocycles.